The number of aromatic nitrogens is 1. The van der Waals surface area contributed by atoms with Crippen molar-refractivity contribution in [3.8, 4) is 0 Å². The fourth-order valence-electron chi connectivity index (χ4n) is 2.28. The van der Waals surface area contributed by atoms with E-state index in [1.807, 2.05) is 0 Å². The van der Waals surface area contributed by atoms with Crippen LogP contribution in [0.4, 0.5) is 5.82 Å². The van der Waals surface area contributed by atoms with Crippen molar-refractivity contribution in [2.75, 3.05) is 18.0 Å². The fraction of sp³-hybridized carbons (Fsp3) is 0.500. The van der Waals surface area contributed by atoms with Crippen molar-refractivity contribution >= 4 is 11.7 Å². The van der Waals surface area contributed by atoms with Gasteiger partial charge in [-0.1, -0.05) is 0 Å². The zero-order valence-electron chi connectivity index (χ0n) is 9.80. The third-order valence-electron chi connectivity index (χ3n) is 3.22. The highest BCUT2D eigenvalue weighted by atomic mass is 16.1. The number of primary amides is 1. The summed E-state index contributed by atoms with van der Waals surface area (Å²) in [6.45, 7) is 1.56. The normalized spacial score (nSPS) is 20.3. The minimum atomic E-state index is -0.421. The predicted molar refractivity (Wildman–Crippen MR) is 66.8 cm³/mol. The molecule has 4 N–H and O–H groups in total. The highest BCUT2D eigenvalue weighted by Gasteiger charge is 2.22. The average Bonchev–Trinajstić information content (AvgIpc) is 2.39. The number of nitrogens with two attached hydrogens (primary N) is 2. The highest BCUT2D eigenvalue weighted by Crippen LogP contribution is 2.22. The van der Waals surface area contributed by atoms with Gasteiger partial charge in [0.25, 0.3) is 0 Å². The number of hydrogen-bond donors (Lipinski definition) is 2. The van der Waals surface area contributed by atoms with Gasteiger partial charge in [-0.3, -0.25) is 4.79 Å². The number of anilines is 1. The standard InChI is InChI=1S/C12H18N4O/c13-8-10-3-1-2-6-16(10)11-7-9(12(14)17)4-5-15-11/h4-5,7,10H,1-3,6,8,13H2,(H2,14,17). The minimum Gasteiger partial charge on any atom is -0.366 e. The van der Waals surface area contributed by atoms with Gasteiger partial charge in [-0.15, -0.1) is 0 Å². The molecule has 1 unspecified atom stereocenters. The third kappa shape index (κ3) is 2.55. The molecule has 1 amide bonds. The molecule has 5 nitrogen and oxygen atoms in total. The molecular formula is C12H18N4O. The molecule has 0 radical (unpaired) electrons. The second kappa shape index (κ2) is 5.14. The molecule has 1 aromatic heterocycles. The monoisotopic (exact) mass is 234 g/mol. The maximum Gasteiger partial charge on any atom is 0.248 e. The van der Waals surface area contributed by atoms with Crippen molar-refractivity contribution in [2.45, 2.75) is 25.3 Å². The summed E-state index contributed by atoms with van der Waals surface area (Å²) in [7, 11) is 0. The second-order valence-corrected chi connectivity index (χ2v) is 4.35. The van der Waals surface area contributed by atoms with E-state index in [4.69, 9.17) is 11.5 Å². The summed E-state index contributed by atoms with van der Waals surface area (Å²) >= 11 is 0. The molecule has 1 atom stereocenters. The molecule has 1 aliphatic heterocycles. The Labute approximate surface area is 101 Å². The summed E-state index contributed by atoms with van der Waals surface area (Å²) in [4.78, 5) is 17.6. The van der Waals surface area contributed by atoms with Crippen LogP contribution in [0.2, 0.25) is 0 Å². The van der Waals surface area contributed by atoms with Crippen LogP contribution in [-0.2, 0) is 0 Å². The highest BCUT2D eigenvalue weighted by molar-refractivity contribution is 5.93. The number of nitrogens with zero attached hydrogens (tertiary/aromatic N) is 2. The summed E-state index contributed by atoms with van der Waals surface area (Å²) in [5.41, 5.74) is 11.5. The minimum absolute atomic E-state index is 0.319. The third-order valence-corrected chi connectivity index (χ3v) is 3.22. The van der Waals surface area contributed by atoms with Crippen LogP contribution in [-0.4, -0.2) is 30.0 Å². The van der Waals surface area contributed by atoms with Gasteiger partial charge in [0.15, 0.2) is 0 Å². The Balaban J connectivity index is 2.25. The van der Waals surface area contributed by atoms with Gasteiger partial charge in [0, 0.05) is 30.9 Å². The first-order valence-corrected chi connectivity index (χ1v) is 5.95. The zero-order chi connectivity index (χ0) is 12.3. The summed E-state index contributed by atoms with van der Waals surface area (Å²) in [5.74, 6) is 0.381. The maximum atomic E-state index is 11.1. The first kappa shape index (κ1) is 11.9. The lowest BCUT2D eigenvalue weighted by Crippen LogP contribution is -2.44. The molecule has 0 aliphatic carbocycles. The number of rotatable bonds is 3. The fourth-order valence-corrected chi connectivity index (χ4v) is 2.28. The molecule has 17 heavy (non-hydrogen) atoms. The van der Waals surface area contributed by atoms with E-state index in [2.05, 4.69) is 9.88 Å². The smallest absolute Gasteiger partial charge is 0.248 e. The van der Waals surface area contributed by atoms with Crippen molar-refractivity contribution in [2.24, 2.45) is 11.5 Å². The lowest BCUT2D eigenvalue weighted by molar-refractivity contribution is 0.1000. The van der Waals surface area contributed by atoms with Crippen molar-refractivity contribution in [3.05, 3.63) is 23.9 Å². The van der Waals surface area contributed by atoms with E-state index in [0.717, 1.165) is 25.2 Å². The van der Waals surface area contributed by atoms with Crippen molar-refractivity contribution in [1.29, 1.82) is 0 Å². The van der Waals surface area contributed by atoms with Crippen LogP contribution in [0.5, 0.6) is 0 Å². The summed E-state index contributed by atoms with van der Waals surface area (Å²) in [5, 5.41) is 0. The van der Waals surface area contributed by atoms with Gasteiger partial charge < -0.3 is 16.4 Å². The van der Waals surface area contributed by atoms with E-state index in [1.165, 1.54) is 6.42 Å². The Hall–Kier alpha value is -1.62. The van der Waals surface area contributed by atoms with E-state index < -0.39 is 5.91 Å². The van der Waals surface area contributed by atoms with E-state index in [0.29, 0.717) is 18.2 Å². The van der Waals surface area contributed by atoms with Crippen LogP contribution in [0.3, 0.4) is 0 Å². The van der Waals surface area contributed by atoms with Crippen molar-refractivity contribution in [3.63, 3.8) is 0 Å². The molecule has 0 bridgehead atoms. The molecule has 0 spiro atoms. The Morgan fingerprint density at radius 1 is 1.53 bits per heavy atom. The molecule has 2 rings (SSSR count). The van der Waals surface area contributed by atoms with Gasteiger partial charge in [0.2, 0.25) is 5.91 Å². The molecule has 1 fully saturated rings. The second-order valence-electron chi connectivity index (χ2n) is 4.35. The largest absolute Gasteiger partial charge is 0.366 e. The summed E-state index contributed by atoms with van der Waals surface area (Å²) in [6.07, 6.45) is 5.05. The van der Waals surface area contributed by atoms with Gasteiger partial charge in [0.05, 0.1) is 0 Å². The lowest BCUT2D eigenvalue weighted by atomic mass is 10.0. The van der Waals surface area contributed by atoms with E-state index >= 15 is 0 Å². The molecule has 5 heteroatoms. The number of carbonyl (C=O) groups is 1. The first-order valence-electron chi connectivity index (χ1n) is 5.95. The number of amides is 1. The number of carbonyl (C=O) groups excluding carboxylic acids is 1. The number of piperidine rings is 1. The maximum absolute atomic E-state index is 11.1. The Morgan fingerprint density at radius 3 is 3.06 bits per heavy atom. The van der Waals surface area contributed by atoms with E-state index in [9.17, 15) is 4.79 Å². The van der Waals surface area contributed by atoms with E-state index in [-0.39, 0.29) is 0 Å². The molecule has 1 aliphatic rings. The Bertz CT molecular complexity index is 407. The topological polar surface area (TPSA) is 85.2 Å². The van der Waals surface area contributed by atoms with Gasteiger partial charge >= 0.3 is 0 Å². The van der Waals surface area contributed by atoms with Crippen LogP contribution in [0.1, 0.15) is 29.6 Å². The lowest BCUT2D eigenvalue weighted by Gasteiger charge is -2.36. The molecule has 1 saturated heterocycles. The average molecular weight is 234 g/mol. The zero-order valence-corrected chi connectivity index (χ0v) is 9.80. The number of pyridine rings is 1. The van der Waals surface area contributed by atoms with Gasteiger partial charge in [-0.05, 0) is 31.4 Å². The van der Waals surface area contributed by atoms with Gasteiger partial charge in [-0.2, -0.15) is 0 Å². The Morgan fingerprint density at radius 2 is 2.35 bits per heavy atom. The quantitative estimate of drug-likeness (QED) is 0.797. The van der Waals surface area contributed by atoms with Crippen LogP contribution in [0, 0.1) is 0 Å². The van der Waals surface area contributed by atoms with Crippen molar-refractivity contribution < 1.29 is 4.79 Å². The van der Waals surface area contributed by atoms with E-state index in [1.54, 1.807) is 18.3 Å². The number of hydrogen-bond acceptors (Lipinski definition) is 4. The molecule has 2 heterocycles. The van der Waals surface area contributed by atoms with Crippen LogP contribution >= 0.6 is 0 Å². The first-order chi connectivity index (χ1) is 8.22. The summed E-state index contributed by atoms with van der Waals surface area (Å²) < 4.78 is 0. The molecular weight excluding hydrogens is 216 g/mol. The van der Waals surface area contributed by atoms with Gasteiger partial charge in [-0.25, -0.2) is 4.98 Å². The molecule has 0 aromatic carbocycles. The predicted octanol–water partition coefficient (Wildman–Crippen LogP) is 0.498. The van der Waals surface area contributed by atoms with Crippen LogP contribution in [0.15, 0.2) is 18.3 Å². The van der Waals surface area contributed by atoms with Crippen LogP contribution < -0.4 is 16.4 Å². The Kier molecular flexibility index (Phi) is 3.58. The van der Waals surface area contributed by atoms with Crippen LogP contribution in [0.25, 0.3) is 0 Å². The molecule has 0 saturated carbocycles. The molecule has 92 valence electrons. The molecule has 1 aromatic rings. The van der Waals surface area contributed by atoms with Gasteiger partial charge in [0.1, 0.15) is 5.82 Å². The SMILES string of the molecule is NCC1CCCCN1c1cc(C(N)=O)ccn1. The summed E-state index contributed by atoms with van der Waals surface area (Å²) in [6, 6.07) is 3.70. The van der Waals surface area contributed by atoms with Crippen molar-refractivity contribution in [1.82, 2.24) is 4.98 Å².